The summed E-state index contributed by atoms with van der Waals surface area (Å²) >= 11 is 7.05. The topological polar surface area (TPSA) is 27.6 Å². The third-order valence-electron chi connectivity index (χ3n) is 3.08. The molecule has 0 aromatic heterocycles. The zero-order chi connectivity index (χ0) is 15.8. The Balaban J connectivity index is 1.86. The van der Waals surface area contributed by atoms with Crippen molar-refractivity contribution in [3.63, 3.8) is 0 Å². The number of hydrogen-bond donors (Lipinski definition) is 1. The van der Waals surface area contributed by atoms with Crippen molar-refractivity contribution in [1.82, 2.24) is 10.3 Å². The van der Waals surface area contributed by atoms with Crippen LogP contribution in [0.15, 0.2) is 64.6 Å². The molecular formula is C17H19N3S2. The van der Waals surface area contributed by atoms with Crippen LogP contribution in [0.2, 0.25) is 0 Å². The number of thioether (sulfide) groups is 1. The van der Waals surface area contributed by atoms with Gasteiger partial charge in [0, 0.05) is 18.5 Å². The van der Waals surface area contributed by atoms with Gasteiger partial charge in [-0.2, -0.15) is 5.10 Å². The highest BCUT2D eigenvalue weighted by molar-refractivity contribution is 7.98. The van der Waals surface area contributed by atoms with Crippen LogP contribution in [0.4, 0.5) is 0 Å². The quantitative estimate of drug-likeness (QED) is 0.391. The van der Waals surface area contributed by atoms with Crippen LogP contribution in [0.3, 0.4) is 0 Å². The first-order chi connectivity index (χ1) is 10.7. The lowest BCUT2D eigenvalue weighted by atomic mass is 10.2. The maximum absolute atomic E-state index is 5.33. The molecule has 0 unspecified atom stereocenters. The summed E-state index contributed by atoms with van der Waals surface area (Å²) in [7, 11) is 1.84. The average molecular weight is 329 g/mol. The first-order valence-electron chi connectivity index (χ1n) is 6.92. The third kappa shape index (κ3) is 5.16. The Labute approximate surface area is 141 Å². The Hall–Kier alpha value is -1.85. The molecule has 2 aromatic rings. The summed E-state index contributed by atoms with van der Waals surface area (Å²) in [5.74, 6) is 0. The second kappa shape index (κ2) is 8.56. The van der Waals surface area contributed by atoms with Crippen LogP contribution in [0.1, 0.15) is 11.1 Å². The van der Waals surface area contributed by atoms with Gasteiger partial charge in [0.05, 0.1) is 6.21 Å². The molecule has 2 aromatic carbocycles. The summed E-state index contributed by atoms with van der Waals surface area (Å²) in [6, 6.07) is 18.4. The van der Waals surface area contributed by atoms with Crippen molar-refractivity contribution in [3.8, 4) is 0 Å². The molecule has 0 aliphatic rings. The van der Waals surface area contributed by atoms with Crippen LogP contribution >= 0.6 is 24.0 Å². The molecule has 0 saturated heterocycles. The normalized spacial score (nSPS) is 10.6. The average Bonchev–Trinajstić information content (AvgIpc) is 2.58. The second-order valence-electron chi connectivity index (χ2n) is 4.69. The van der Waals surface area contributed by atoms with Gasteiger partial charge >= 0.3 is 0 Å². The summed E-state index contributed by atoms with van der Waals surface area (Å²) in [4.78, 5) is 1.24. The molecule has 0 saturated carbocycles. The zero-order valence-electron chi connectivity index (χ0n) is 12.7. The second-order valence-corrected chi connectivity index (χ2v) is 5.95. The first kappa shape index (κ1) is 16.5. The lowest BCUT2D eigenvalue weighted by Gasteiger charge is -2.15. The van der Waals surface area contributed by atoms with Gasteiger partial charge in [-0.25, -0.2) is 5.01 Å². The van der Waals surface area contributed by atoms with E-state index in [1.807, 2.05) is 37.4 Å². The minimum atomic E-state index is 0.598. The van der Waals surface area contributed by atoms with E-state index in [0.717, 1.165) is 5.56 Å². The van der Waals surface area contributed by atoms with Gasteiger partial charge in [-0.15, -0.1) is 11.8 Å². The molecule has 0 atom stereocenters. The van der Waals surface area contributed by atoms with Crippen molar-refractivity contribution in [2.24, 2.45) is 5.10 Å². The van der Waals surface area contributed by atoms with Crippen LogP contribution in [0, 0.1) is 0 Å². The maximum Gasteiger partial charge on any atom is 0.189 e. The fourth-order valence-electron chi connectivity index (χ4n) is 1.78. The van der Waals surface area contributed by atoms with E-state index in [0.29, 0.717) is 11.7 Å². The van der Waals surface area contributed by atoms with Gasteiger partial charge in [-0.05, 0) is 41.7 Å². The summed E-state index contributed by atoms with van der Waals surface area (Å²) in [6.45, 7) is 0.696. The van der Waals surface area contributed by atoms with Gasteiger partial charge in [-0.3, -0.25) is 0 Å². The minimum absolute atomic E-state index is 0.598. The Kier molecular flexibility index (Phi) is 6.43. The fourth-order valence-corrected chi connectivity index (χ4v) is 2.31. The van der Waals surface area contributed by atoms with E-state index in [9.17, 15) is 0 Å². The third-order valence-corrected chi connectivity index (χ3v) is 4.23. The molecule has 0 radical (unpaired) electrons. The van der Waals surface area contributed by atoms with Gasteiger partial charge < -0.3 is 5.32 Å². The number of hydrogen-bond acceptors (Lipinski definition) is 3. The lowest BCUT2D eigenvalue weighted by Crippen LogP contribution is -2.33. The molecule has 0 amide bonds. The van der Waals surface area contributed by atoms with Crippen molar-refractivity contribution in [1.29, 1.82) is 0 Å². The number of nitrogens with one attached hydrogen (secondary N) is 1. The van der Waals surface area contributed by atoms with Crippen molar-refractivity contribution in [3.05, 3.63) is 65.7 Å². The van der Waals surface area contributed by atoms with Gasteiger partial charge in [0.2, 0.25) is 0 Å². The number of rotatable bonds is 5. The van der Waals surface area contributed by atoms with Gasteiger partial charge in [-0.1, -0.05) is 42.5 Å². The van der Waals surface area contributed by atoms with Gasteiger partial charge in [0.1, 0.15) is 0 Å². The zero-order valence-corrected chi connectivity index (χ0v) is 14.3. The van der Waals surface area contributed by atoms with Crippen molar-refractivity contribution in [2.75, 3.05) is 13.3 Å². The van der Waals surface area contributed by atoms with Crippen LogP contribution < -0.4 is 5.32 Å². The molecule has 22 heavy (non-hydrogen) atoms. The molecule has 0 aliphatic heterocycles. The molecule has 0 aliphatic carbocycles. The number of hydrazone groups is 1. The molecule has 5 heteroatoms. The maximum atomic E-state index is 5.33. The van der Waals surface area contributed by atoms with E-state index in [1.54, 1.807) is 23.0 Å². The van der Waals surface area contributed by atoms with E-state index in [4.69, 9.17) is 12.2 Å². The molecule has 0 bridgehead atoms. The summed E-state index contributed by atoms with van der Waals surface area (Å²) < 4.78 is 0. The first-order valence-corrected chi connectivity index (χ1v) is 8.56. The number of benzene rings is 2. The summed E-state index contributed by atoms with van der Waals surface area (Å²) in [5.41, 5.74) is 2.24. The molecule has 2 rings (SSSR count). The van der Waals surface area contributed by atoms with Gasteiger partial charge in [0.15, 0.2) is 5.11 Å². The van der Waals surface area contributed by atoms with Crippen LogP contribution in [0.25, 0.3) is 0 Å². The number of thiocarbonyl (C=S) groups is 1. The molecule has 0 fully saturated rings. The van der Waals surface area contributed by atoms with E-state index in [2.05, 4.69) is 40.9 Å². The van der Waals surface area contributed by atoms with Crippen LogP contribution in [-0.2, 0) is 6.54 Å². The Morgan fingerprint density at radius 1 is 1.18 bits per heavy atom. The molecule has 1 N–H and O–H groups in total. The molecular weight excluding hydrogens is 310 g/mol. The summed E-state index contributed by atoms with van der Waals surface area (Å²) in [5, 5.41) is 9.82. The Morgan fingerprint density at radius 2 is 1.86 bits per heavy atom. The Morgan fingerprint density at radius 3 is 2.50 bits per heavy atom. The largest absolute Gasteiger partial charge is 0.357 e. The molecule has 0 heterocycles. The van der Waals surface area contributed by atoms with E-state index in [1.165, 1.54) is 10.5 Å². The van der Waals surface area contributed by atoms with E-state index < -0.39 is 0 Å². The highest BCUT2D eigenvalue weighted by atomic mass is 32.2. The minimum Gasteiger partial charge on any atom is -0.357 e. The highest BCUT2D eigenvalue weighted by Gasteiger charge is 2.01. The highest BCUT2D eigenvalue weighted by Crippen LogP contribution is 2.13. The molecule has 0 spiro atoms. The molecule has 114 valence electrons. The van der Waals surface area contributed by atoms with Crippen LogP contribution in [-0.4, -0.2) is 29.6 Å². The lowest BCUT2D eigenvalue weighted by molar-refractivity contribution is 0.532. The van der Waals surface area contributed by atoms with Crippen molar-refractivity contribution >= 4 is 35.3 Å². The molecule has 3 nitrogen and oxygen atoms in total. The standard InChI is InChI=1S/C17H19N3S2/c1-20(17(21)18-12-14-6-4-3-5-7-14)19-13-15-8-10-16(22-2)11-9-15/h3-11,13H,12H2,1-2H3,(H,18,21)/b19-13-. The predicted molar refractivity (Wildman–Crippen MR) is 99.5 cm³/mol. The van der Waals surface area contributed by atoms with Crippen LogP contribution in [0.5, 0.6) is 0 Å². The Bertz CT molecular complexity index is 624. The summed E-state index contributed by atoms with van der Waals surface area (Å²) in [6.07, 6.45) is 3.87. The number of nitrogens with zero attached hydrogens (tertiary/aromatic N) is 2. The van der Waals surface area contributed by atoms with E-state index in [-0.39, 0.29) is 0 Å². The smallest absolute Gasteiger partial charge is 0.189 e. The SMILES string of the molecule is CSc1ccc(/C=N\N(C)C(=S)NCc2ccccc2)cc1. The van der Waals surface area contributed by atoms with Crippen molar-refractivity contribution < 1.29 is 0 Å². The monoisotopic (exact) mass is 329 g/mol. The van der Waals surface area contributed by atoms with Gasteiger partial charge in [0.25, 0.3) is 0 Å². The van der Waals surface area contributed by atoms with Crippen molar-refractivity contribution in [2.45, 2.75) is 11.4 Å². The fraction of sp³-hybridized carbons (Fsp3) is 0.176. The van der Waals surface area contributed by atoms with E-state index >= 15 is 0 Å². The predicted octanol–water partition coefficient (Wildman–Crippen LogP) is 3.75.